The summed E-state index contributed by atoms with van der Waals surface area (Å²) in [6, 6.07) is -0.958. The molecule has 0 bridgehead atoms. The Morgan fingerprint density at radius 3 is 2.39 bits per heavy atom. The number of hydrogen-bond acceptors (Lipinski definition) is 4. The average molecular weight is 255 g/mol. The third-order valence-corrected chi connectivity index (χ3v) is 2.30. The van der Waals surface area contributed by atoms with Gasteiger partial charge in [0.25, 0.3) is 6.04 Å². The van der Waals surface area contributed by atoms with Crippen molar-refractivity contribution in [3.8, 4) is 0 Å². The van der Waals surface area contributed by atoms with Crippen molar-refractivity contribution in [1.29, 1.82) is 0 Å². The highest BCUT2D eigenvalue weighted by Crippen LogP contribution is 2.09. The number of carbonyl (C=O) groups excluding carboxylic acids is 1. The highest BCUT2D eigenvalue weighted by atomic mass is 16.6. The number of nitro groups is 1. The molecule has 0 amide bonds. The molecule has 0 aromatic carbocycles. The number of rotatable bonds is 7. The highest BCUT2D eigenvalue weighted by Gasteiger charge is 2.18. The van der Waals surface area contributed by atoms with Crippen molar-refractivity contribution in [3.63, 3.8) is 0 Å². The van der Waals surface area contributed by atoms with Crippen LogP contribution in [0.15, 0.2) is 23.3 Å². The van der Waals surface area contributed by atoms with Crippen molar-refractivity contribution in [2.45, 2.75) is 46.6 Å². The predicted molar refractivity (Wildman–Crippen MR) is 69.8 cm³/mol. The van der Waals surface area contributed by atoms with Gasteiger partial charge in [-0.3, -0.25) is 14.9 Å². The molecule has 1 unspecified atom stereocenters. The summed E-state index contributed by atoms with van der Waals surface area (Å²) >= 11 is 0. The van der Waals surface area contributed by atoms with Crippen LogP contribution in [0.25, 0.3) is 0 Å². The molecule has 102 valence electrons. The van der Waals surface area contributed by atoms with Crippen molar-refractivity contribution < 1.29 is 14.5 Å². The van der Waals surface area contributed by atoms with E-state index >= 15 is 0 Å². The maximum Gasteiger partial charge on any atom is 0.302 e. The summed E-state index contributed by atoms with van der Waals surface area (Å²) in [5.74, 6) is -0.502. The number of hydrogen-bond donors (Lipinski definition) is 0. The first kappa shape index (κ1) is 16.4. The summed E-state index contributed by atoms with van der Waals surface area (Å²) < 4.78 is 4.67. The Bertz CT molecular complexity index is 354. The Labute approximate surface area is 108 Å². The van der Waals surface area contributed by atoms with Gasteiger partial charge in [-0.2, -0.15) is 0 Å². The third kappa shape index (κ3) is 8.50. The smallest absolute Gasteiger partial charge is 0.302 e. The molecule has 18 heavy (non-hydrogen) atoms. The minimum Gasteiger partial charge on any atom is -0.458 e. The Hall–Kier alpha value is -1.65. The zero-order valence-electron chi connectivity index (χ0n) is 11.4. The van der Waals surface area contributed by atoms with E-state index in [9.17, 15) is 14.9 Å². The number of esters is 1. The second-order valence-electron chi connectivity index (χ2n) is 4.49. The zero-order chi connectivity index (χ0) is 14.1. The molecule has 0 heterocycles. The molecule has 1 atom stereocenters. The minimum atomic E-state index is -0.958. The maximum absolute atomic E-state index is 10.8. The van der Waals surface area contributed by atoms with Crippen LogP contribution in [0.1, 0.15) is 40.5 Å². The lowest BCUT2D eigenvalue weighted by atomic mass is 10.1. The molecular formula is C13H21NO4. The lowest BCUT2D eigenvalue weighted by Crippen LogP contribution is -2.24. The molecule has 0 fully saturated rings. The molecule has 0 aromatic heterocycles. The van der Waals surface area contributed by atoms with Crippen LogP contribution in [0.3, 0.4) is 0 Å². The molecule has 0 radical (unpaired) electrons. The van der Waals surface area contributed by atoms with Crippen LogP contribution in [0, 0.1) is 10.1 Å². The molecule has 0 aromatic rings. The summed E-state index contributed by atoms with van der Waals surface area (Å²) in [7, 11) is 0. The fraction of sp³-hybridized carbons (Fsp3) is 0.615. The number of carbonyl (C=O) groups is 1. The summed E-state index contributed by atoms with van der Waals surface area (Å²) in [5, 5.41) is 10.8. The molecule has 0 aliphatic rings. The van der Waals surface area contributed by atoms with Crippen molar-refractivity contribution >= 4 is 5.97 Å². The van der Waals surface area contributed by atoms with Gasteiger partial charge in [-0.15, -0.1) is 0 Å². The van der Waals surface area contributed by atoms with Crippen LogP contribution in [0.5, 0.6) is 0 Å². The lowest BCUT2D eigenvalue weighted by molar-refractivity contribution is -0.512. The number of nitrogens with zero attached hydrogens (tertiary/aromatic N) is 1. The van der Waals surface area contributed by atoms with Gasteiger partial charge in [-0.05, 0) is 39.7 Å². The quantitative estimate of drug-likeness (QED) is 0.303. The van der Waals surface area contributed by atoms with Crippen LogP contribution in [-0.4, -0.2) is 23.5 Å². The van der Waals surface area contributed by atoms with E-state index in [4.69, 9.17) is 0 Å². The molecule has 0 N–H and O–H groups in total. The van der Waals surface area contributed by atoms with Crippen molar-refractivity contribution in [1.82, 2.24) is 0 Å². The Morgan fingerprint density at radius 2 is 1.94 bits per heavy atom. The van der Waals surface area contributed by atoms with Gasteiger partial charge in [0.05, 0.1) is 0 Å². The van der Waals surface area contributed by atoms with E-state index in [-0.39, 0.29) is 6.61 Å². The van der Waals surface area contributed by atoms with Crippen LogP contribution in [0.2, 0.25) is 0 Å². The largest absolute Gasteiger partial charge is 0.458 e. The molecule has 0 rings (SSSR count). The van der Waals surface area contributed by atoms with Crippen LogP contribution in [-0.2, 0) is 9.53 Å². The van der Waals surface area contributed by atoms with E-state index in [0.717, 1.165) is 18.4 Å². The van der Waals surface area contributed by atoms with Gasteiger partial charge in [-0.25, -0.2) is 0 Å². The van der Waals surface area contributed by atoms with Gasteiger partial charge in [0.15, 0.2) is 6.61 Å². The first-order valence-electron chi connectivity index (χ1n) is 5.90. The average Bonchev–Trinajstić information content (AvgIpc) is 2.22. The summed E-state index contributed by atoms with van der Waals surface area (Å²) in [6.07, 6.45) is 5.28. The minimum absolute atomic E-state index is 0.206. The van der Waals surface area contributed by atoms with Crippen molar-refractivity contribution in [3.05, 3.63) is 33.4 Å². The summed E-state index contributed by atoms with van der Waals surface area (Å²) in [6.45, 7) is 6.91. The first-order chi connectivity index (χ1) is 8.32. The predicted octanol–water partition coefficient (Wildman–Crippen LogP) is 2.89. The standard InChI is InChI=1S/C13H21NO4/c1-10(2)6-5-7-11(3)8-13(14(16)17)9-18-12(4)15/h6,8,13H,5,7,9H2,1-4H3/b11-8+. The van der Waals surface area contributed by atoms with Gasteiger partial charge in [0, 0.05) is 11.8 Å². The van der Waals surface area contributed by atoms with Crippen LogP contribution in [0.4, 0.5) is 0 Å². The fourth-order valence-electron chi connectivity index (χ4n) is 1.37. The van der Waals surface area contributed by atoms with Crippen molar-refractivity contribution in [2.75, 3.05) is 6.61 Å². The lowest BCUT2D eigenvalue weighted by Gasteiger charge is -2.07. The Kier molecular flexibility index (Phi) is 7.67. The van der Waals surface area contributed by atoms with E-state index < -0.39 is 16.9 Å². The van der Waals surface area contributed by atoms with E-state index in [1.165, 1.54) is 12.5 Å². The Balaban J connectivity index is 4.39. The van der Waals surface area contributed by atoms with Gasteiger partial charge in [0.1, 0.15) is 0 Å². The molecule has 0 aliphatic heterocycles. The summed E-state index contributed by atoms with van der Waals surface area (Å²) in [4.78, 5) is 21.0. The molecule has 5 heteroatoms. The molecule has 0 saturated carbocycles. The maximum atomic E-state index is 10.8. The second-order valence-corrected chi connectivity index (χ2v) is 4.49. The van der Waals surface area contributed by atoms with E-state index in [1.807, 2.05) is 20.8 Å². The van der Waals surface area contributed by atoms with Gasteiger partial charge >= 0.3 is 5.97 Å². The van der Waals surface area contributed by atoms with Crippen LogP contribution >= 0.6 is 0 Å². The second kappa shape index (κ2) is 8.44. The normalized spacial score (nSPS) is 12.8. The third-order valence-electron chi connectivity index (χ3n) is 2.30. The first-order valence-corrected chi connectivity index (χ1v) is 5.90. The monoisotopic (exact) mass is 255 g/mol. The molecule has 0 saturated heterocycles. The van der Waals surface area contributed by atoms with Gasteiger partial charge in [-0.1, -0.05) is 17.2 Å². The molecule has 0 aliphatic carbocycles. The molecular weight excluding hydrogens is 234 g/mol. The topological polar surface area (TPSA) is 69.4 Å². The summed E-state index contributed by atoms with van der Waals surface area (Å²) in [5.41, 5.74) is 2.16. The van der Waals surface area contributed by atoms with E-state index in [1.54, 1.807) is 6.08 Å². The SMILES string of the molecule is CC(=O)OCC(/C=C(\C)CCC=C(C)C)[N+](=O)[O-]. The molecule has 0 spiro atoms. The van der Waals surface area contributed by atoms with E-state index in [0.29, 0.717) is 0 Å². The van der Waals surface area contributed by atoms with Crippen molar-refractivity contribution in [2.24, 2.45) is 0 Å². The van der Waals surface area contributed by atoms with Gasteiger partial charge in [0.2, 0.25) is 0 Å². The van der Waals surface area contributed by atoms with Crippen LogP contribution < -0.4 is 0 Å². The zero-order valence-corrected chi connectivity index (χ0v) is 11.4. The highest BCUT2D eigenvalue weighted by molar-refractivity contribution is 5.65. The molecule has 5 nitrogen and oxygen atoms in total. The Morgan fingerprint density at radius 1 is 1.33 bits per heavy atom. The van der Waals surface area contributed by atoms with Gasteiger partial charge < -0.3 is 4.74 Å². The number of allylic oxidation sites excluding steroid dienone is 3. The number of ether oxygens (including phenoxy) is 1. The van der Waals surface area contributed by atoms with E-state index in [2.05, 4.69) is 10.8 Å². The fourth-order valence-corrected chi connectivity index (χ4v) is 1.37.